The minimum absolute atomic E-state index is 0.0752. The highest BCUT2D eigenvalue weighted by molar-refractivity contribution is 5.76. The summed E-state index contributed by atoms with van der Waals surface area (Å²) in [5.74, 6) is -0.0752. The quantitative estimate of drug-likeness (QED) is 0.0420. The standard InChI is InChI=1S/C71H121NO3/c1-3-5-7-9-11-13-15-17-19-21-23-25-27-29-30-31-32-33-34-35-36-37-38-39-40-41-42-43-45-47-49-51-53-55-57-59-61-63-65-67-71(75)72-69(68-73)70(74)66-64-62-60-58-56-54-52-50-48-46-44-28-26-24-22-20-18-16-14-12-10-8-6-4-2/h5,7,11,13,17,19,23,25,29-30,32-33,35-36,38-39,41-42,45,47,64,66,69-70,73-74H,3-4,6,8-10,12,14-16,18,20-22,24,26-28,31,34,37,40,43-44,46,48-63,65,67-68H2,1-2H3,(H,72,75)/b7-5-,13-11-,19-17-,25-23-,30-29-,33-32-,36-35-,39-38-,42-41-,47-45-,66-64+. The molecular formula is C71H121NO3. The highest BCUT2D eigenvalue weighted by atomic mass is 16.3. The molecule has 0 aromatic rings. The Morgan fingerprint density at radius 1 is 0.333 bits per heavy atom. The molecule has 0 rings (SSSR count). The van der Waals surface area contributed by atoms with Crippen molar-refractivity contribution in [1.82, 2.24) is 5.32 Å². The van der Waals surface area contributed by atoms with Crippen molar-refractivity contribution in [3.8, 4) is 0 Å². The lowest BCUT2D eigenvalue weighted by atomic mass is 10.0. The van der Waals surface area contributed by atoms with Crippen LogP contribution in [0, 0.1) is 0 Å². The number of allylic oxidation sites excluding steroid dienone is 21. The average Bonchev–Trinajstić information content (AvgIpc) is 3.41. The first-order valence-electron chi connectivity index (χ1n) is 31.9. The summed E-state index contributed by atoms with van der Waals surface area (Å²) >= 11 is 0. The van der Waals surface area contributed by atoms with Crippen LogP contribution in [0.4, 0.5) is 0 Å². The summed E-state index contributed by atoms with van der Waals surface area (Å²) in [6.07, 6.45) is 101. The number of unbranched alkanes of at least 4 members (excludes halogenated alkanes) is 30. The van der Waals surface area contributed by atoms with Crippen LogP contribution in [-0.4, -0.2) is 34.9 Å². The fraction of sp³-hybridized carbons (Fsp3) is 0.676. The first-order chi connectivity index (χ1) is 37.2. The van der Waals surface area contributed by atoms with Crippen LogP contribution in [0.5, 0.6) is 0 Å². The third-order valence-electron chi connectivity index (χ3n) is 13.9. The molecule has 3 N–H and O–H groups in total. The van der Waals surface area contributed by atoms with E-state index < -0.39 is 12.1 Å². The Morgan fingerprint density at radius 2 is 0.587 bits per heavy atom. The number of carbonyl (C=O) groups is 1. The van der Waals surface area contributed by atoms with Gasteiger partial charge in [0.15, 0.2) is 0 Å². The molecule has 0 aliphatic carbocycles. The lowest BCUT2D eigenvalue weighted by Crippen LogP contribution is -2.45. The summed E-state index contributed by atoms with van der Waals surface area (Å²) in [6.45, 7) is 4.21. The number of amides is 1. The van der Waals surface area contributed by atoms with Crippen molar-refractivity contribution in [1.29, 1.82) is 0 Å². The summed E-state index contributed by atoms with van der Waals surface area (Å²) in [4.78, 5) is 12.5. The van der Waals surface area contributed by atoms with E-state index in [-0.39, 0.29) is 12.5 Å². The molecule has 0 fully saturated rings. The number of nitrogens with one attached hydrogen (secondary N) is 1. The lowest BCUT2D eigenvalue weighted by molar-refractivity contribution is -0.123. The van der Waals surface area contributed by atoms with E-state index >= 15 is 0 Å². The molecule has 0 bridgehead atoms. The van der Waals surface area contributed by atoms with Gasteiger partial charge in [-0.05, 0) is 96.3 Å². The van der Waals surface area contributed by atoms with Crippen LogP contribution in [0.25, 0.3) is 0 Å². The smallest absolute Gasteiger partial charge is 0.220 e. The second-order valence-electron chi connectivity index (χ2n) is 21.1. The molecule has 0 aliphatic rings. The van der Waals surface area contributed by atoms with Crippen LogP contribution >= 0.6 is 0 Å². The van der Waals surface area contributed by atoms with E-state index in [2.05, 4.69) is 141 Å². The monoisotopic (exact) mass is 1040 g/mol. The molecule has 2 atom stereocenters. The van der Waals surface area contributed by atoms with Crippen molar-refractivity contribution in [2.75, 3.05) is 6.61 Å². The Morgan fingerprint density at radius 3 is 0.880 bits per heavy atom. The van der Waals surface area contributed by atoms with E-state index in [1.165, 1.54) is 167 Å². The van der Waals surface area contributed by atoms with Gasteiger partial charge in [-0.3, -0.25) is 4.79 Å². The molecule has 0 aromatic carbocycles. The number of aliphatic hydroxyl groups excluding tert-OH is 2. The highest BCUT2D eigenvalue weighted by Crippen LogP contribution is 2.16. The van der Waals surface area contributed by atoms with E-state index in [4.69, 9.17) is 0 Å². The first-order valence-corrected chi connectivity index (χ1v) is 31.9. The normalized spacial score (nSPS) is 13.7. The molecule has 0 spiro atoms. The van der Waals surface area contributed by atoms with Crippen molar-refractivity contribution in [3.05, 3.63) is 134 Å². The van der Waals surface area contributed by atoms with Gasteiger partial charge in [0.1, 0.15) is 0 Å². The van der Waals surface area contributed by atoms with Crippen LogP contribution in [0.15, 0.2) is 134 Å². The zero-order valence-corrected chi connectivity index (χ0v) is 49.3. The number of hydrogen-bond donors (Lipinski definition) is 3. The maximum absolute atomic E-state index is 12.5. The number of carbonyl (C=O) groups excluding carboxylic acids is 1. The molecule has 428 valence electrons. The largest absolute Gasteiger partial charge is 0.394 e. The van der Waals surface area contributed by atoms with Crippen LogP contribution in [-0.2, 0) is 4.79 Å². The zero-order chi connectivity index (χ0) is 54.1. The van der Waals surface area contributed by atoms with E-state index in [1.54, 1.807) is 6.08 Å². The van der Waals surface area contributed by atoms with E-state index in [9.17, 15) is 15.0 Å². The van der Waals surface area contributed by atoms with Gasteiger partial charge in [0.2, 0.25) is 5.91 Å². The van der Waals surface area contributed by atoms with Gasteiger partial charge >= 0.3 is 0 Å². The first kappa shape index (κ1) is 71.5. The SMILES string of the molecule is CC/C=C\C/C=C\C/C=C\C/C=C\C/C=C\C/C=C\C/C=C\C/C=C\C/C=C\C/C=C\CCCCCCCCCCC(=O)NC(CO)C(O)/C=C/CCCCCCCCCCCCCCCCCCCCCCCC. The minimum atomic E-state index is -0.853. The highest BCUT2D eigenvalue weighted by Gasteiger charge is 2.18. The predicted molar refractivity (Wildman–Crippen MR) is 335 cm³/mol. The van der Waals surface area contributed by atoms with Gasteiger partial charge in [0.05, 0.1) is 18.8 Å². The fourth-order valence-electron chi connectivity index (χ4n) is 9.09. The predicted octanol–water partition coefficient (Wildman–Crippen LogP) is 21.8. The summed E-state index contributed by atoms with van der Waals surface area (Å²) in [7, 11) is 0. The van der Waals surface area contributed by atoms with Crippen molar-refractivity contribution in [2.24, 2.45) is 0 Å². The van der Waals surface area contributed by atoms with Gasteiger partial charge in [-0.15, -0.1) is 0 Å². The van der Waals surface area contributed by atoms with Gasteiger partial charge in [0.25, 0.3) is 0 Å². The molecule has 0 saturated carbocycles. The molecule has 2 unspecified atom stereocenters. The third kappa shape index (κ3) is 61.3. The Hall–Kier alpha value is -3.47. The van der Waals surface area contributed by atoms with Crippen LogP contribution in [0.1, 0.15) is 290 Å². The van der Waals surface area contributed by atoms with Gasteiger partial charge < -0.3 is 15.5 Å². The summed E-state index contributed by atoms with van der Waals surface area (Å²) in [5.41, 5.74) is 0. The maximum Gasteiger partial charge on any atom is 0.220 e. The van der Waals surface area contributed by atoms with E-state index in [1.807, 2.05) is 6.08 Å². The summed E-state index contributed by atoms with van der Waals surface area (Å²) in [5, 5.41) is 23.2. The molecular weight excluding hydrogens is 915 g/mol. The molecule has 0 aromatic heterocycles. The van der Waals surface area contributed by atoms with Crippen LogP contribution in [0.2, 0.25) is 0 Å². The third-order valence-corrected chi connectivity index (χ3v) is 13.9. The van der Waals surface area contributed by atoms with E-state index in [0.29, 0.717) is 6.42 Å². The Balaban J connectivity index is 3.61. The van der Waals surface area contributed by atoms with Gasteiger partial charge in [-0.25, -0.2) is 0 Å². The van der Waals surface area contributed by atoms with Crippen molar-refractivity contribution >= 4 is 5.91 Å². The molecule has 4 nitrogen and oxygen atoms in total. The molecule has 4 heteroatoms. The van der Waals surface area contributed by atoms with Gasteiger partial charge in [0, 0.05) is 6.42 Å². The van der Waals surface area contributed by atoms with Crippen LogP contribution in [0.3, 0.4) is 0 Å². The Bertz CT molecular complexity index is 1500. The van der Waals surface area contributed by atoms with Gasteiger partial charge in [-0.2, -0.15) is 0 Å². The Labute approximate surface area is 466 Å². The molecule has 75 heavy (non-hydrogen) atoms. The maximum atomic E-state index is 12.5. The second-order valence-corrected chi connectivity index (χ2v) is 21.1. The van der Waals surface area contributed by atoms with Gasteiger partial charge in [-0.1, -0.05) is 321 Å². The summed E-state index contributed by atoms with van der Waals surface area (Å²) in [6, 6.07) is -0.637. The minimum Gasteiger partial charge on any atom is -0.394 e. The van der Waals surface area contributed by atoms with Crippen LogP contribution < -0.4 is 5.32 Å². The Kier molecular flexibility index (Phi) is 61.8. The van der Waals surface area contributed by atoms with Crippen molar-refractivity contribution < 1.29 is 15.0 Å². The molecule has 0 aliphatic heterocycles. The lowest BCUT2D eigenvalue weighted by Gasteiger charge is -2.20. The molecule has 1 amide bonds. The number of hydrogen-bond acceptors (Lipinski definition) is 3. The summed E-state index contributed by atoms with van der Waals surface area (Å²) < 4.78 is 0. The van der Waals surface area contributed by atoms with E-state index in [0.717, 1.165) is 103 Å². The topological polar surface area (TPSA) is 69.6 Å². The fourth-order valence-corrected chi connectivity index (χ4v) is 9.09. The zero-order valence-electron chi connectivity index (χ0n) is 49.3. The average molecular weight is 1040 g/mol. The molecule has 0 saturated heterocycles. The number of aliphatic hydroxyl groups is 2. The molecule has 0 heterocycles. The van der Waals surface area contributed by atoms with Crippen molar-refractivity contribution in [3.63, 3.8) is 0 Å². The van der Waals surface area contributed by atoms with Crippen molar-refractivity contribution in [2.45, 2.75) is 302 Å². The second kappa shape index (κ2) is 64.8. The molecule has 0 radical (unpaired) electrons. The number of rotatable bonds is 57.